The van der Waals surface area contributed by atoms with Gasteiger partial charge in [0.25, 0.3) is 0 Å². The van der Waals surface area contributed by atoms with Crippen molar-refractivity contribution in [3.8, 4) is 0 Å². The van der Waals surface area contributed by atoms with Crippen molar-refractivity contribution in [3.63, 3.8) is 0 Å². The molecule has 1 rings (SSSR count). The molecule has 0 amide bonds. The summed E-state index contributed by atoms with van der Waals surface area (Å²) < 4.78 is 7.58. The largest absolute Gasteiger partial charge is 0.376 e. The van der Waals surface area contributed by atoms with Crippen LogP contribution in [0.2, 0.25) is 0 Å². The van der Waals surface area contributed by atoms with Gasteiger partial charge in [-0.15, -0.1) is 0 Å². The van der Waals surface area contributed by atoms with Gasteiger partial charge in [0, 0.05) is 26.0 Å². The first kappa shape index (κ1) is 12.2. The minimum atomic E-state index is -0.0602. The van der Waals surface area contributed by atoms with E-state index in [0.717, 1.165) is 12.2 Å². The highest BCUT2D eigenvalue weighted by Crippen LogP contribution is 2.18. The molecule has 0 aliphatic carbocycles. The molecule has 0 spiro atoms. The average molecular weight is 212 g/mol. The molecule has 15 heavy (non-hydrogen) atoms. The van der Waals surface area contributed by atoms with Gasteiger partial charge in [0.15, 0.2) is 0 Å². The van der Waals surface area contributed by atoms with Gasteiger partial charge in [-0.05, 0) is 13.3 Å². The molecular weight excluding hydrogens is 192 g/mol. The summed E-state index contributed by atoms with van der Waals surface area (Å²) >= 11 is 0. The molecule has 86 valence electrons. The maximum Gasteiger partial charge on any atom is 0.129 e. The van der Waals surface area contributed by atoms with Crippen molar-refractivity contribution in [2.24, 2.45) is 12.9 Å². The lowest BCUT2D eigenvalue weighted by atomic mass is 10.1. The molecular formula is C10H20N4O. The molecule has 2 unspecified atom stereocenters. The number of aromatic nitrogens is 2. The minimum Gasteiger partial charge on any atom is -0.376 e. The van der Waals surface area contributed by atoms with Crippen LogP contribution in [0, 0.1) is 0 Å². The zero-order valence-electron chi connectivity index (χ0n) is 9.60. The lowest BCUT2D eigenvalue weighted by Crippen LogP contribution is -2.39. The van der Waals surface area contributed by atoms with Crippen molar-refractivity contribution in [2.45, 2.75) is 32.4 Å². The number of hydrogen-bond acceptors (Lipinski definition) is 4. The highest BCUT2D eigenvalue weighted by atomic mass is 16.5. The van der Waals surface area contributed by atoms with E-state index in [0.29, 0.717) is 6.61 Å². The number of aryl methyl sites for hydroxylation is 1. The zero-order chi connectivity index (χ0) is 11.3. The van der Waals surface area contributed by atoms with E-state index in [2.05, 4.69) is 17.3 Å². The number of rotatable bonds is 6. The van der Waals surface area contributed by atoms with Crippen molar-refractivity contribution in [3.05, 3.63) is 18.2 Å². The van der Waals surface area contributed by atoms with E-state index in [1.54, 1.807) is 6.20 Å². The van der Waals surface area contributed by atoms with Crippen LogP contribution >= 0.6 is 0 Å². The predicted molar refractivity (Wildman–Crippen MR) is 59.0 cm³/mol. The van der Waals surface area contributed by atoms with E-state index >= 15 is 0 Å². The first-order valence-corrected chi connectivity index (χ1v) is 5.29. The van der Waals surface area contributed by atoms with E-state index in [9.17, 15) is 0 Å². The van der Waals surface area contributed by atoms with Crippen LogP contribution < -0.4 is 11.3 Å². The Labute approximate surface area is 90.6 Å². The quantitative estimate of drug-likeness (QED) is 0.539. The van der Waals surface area contributed by atoms with Crippen molar-refractivity contribution < 1.29 is 4.74 Å². The van der Waals surface area contributed by atoms with Gasteiger partial charge in [0.1, 0.15) is 11.9 Å². The molecule has 0 bridgehead atoms. The molecule has 1 heterocycles. The normalized spacial score (nSPS) is 15.2. The monoisotopic (exact) mass is 212 g/mol. The summed E-state index contributed by atoms with van der Waals surface area (Å²) in [6.07, 6.45) is 4.62. The highest BCUT2D eigenvalue weighted by Gasteiger charge is 2.24. The Kier molecular flexibility index (Phi) is 4.74. The molecule has 0 saturated heterocycles. The fraction of sp³-hybridized carbons (Fsp3) is 0.700. The number of hydrogen-bond donors (Lipinski definition) is 2. The van der Waals surface area contributed by atoms with Gasteiger partial charge in [-0.3, -0.25) is 5.84 Å². The Morgan fingerprint density at radius 2 is 2.33 bits per heavy atom. The van der Waals surface area contributed by atoms with Crippen molar-refractivity contribution >= 4 is 0 Å². The fourth-order valence-corrected chi connectivity index (χ4v) is 1.69. The second kappa shape index (κ2) is 5.85. The Morgan fingerprint density at radius 3 is 2.73 bits per heavy atom. The Morgan fingerprint density at radius 1 is 1.60 bits per heavy atom. The van der Waals surface area contributed by atoms with Crippen LogP contribution in [-0.4, -0.2) is 22.3 Å². The third-order valence-corrected chi connectivity index (χ3v) is 2.47. The Bertz CT molecular complexity index is 287. The molecule has 1 aromatic heterocycles. The molecule has 0 fully saturated rings. The zero-order valence-corrected chi connectivity index (χ0v) is 9.60. The molecule has 3 N–H and O–H groups in total. The number of imidazole rings is 1. The van der Waals surface area contributed by atoms with Gasteiger partial charge in [-0.2, -0.15) is 0 Å². The molecule has 0 aromatic carbocycles. The van der Waals surface area contributed by atoms with Gasteiger partial charge in [0.05, 0.1) is 6.10 Å². The number of nitrogens with two attached hydrogens (primary N) is 1. The maximum absolute atomic E-state index is 5.63. The lowest BCUT2D eigenvalue weighted by molar-refractivity contribution is 0.0285. The SMILES string of the molecule is CCOC(CC)C(NN)c1nccn1C. The van der Waals surface area contributed by atoms with Gasteiger partial charge in [-0.1, -0.05) is 6.92 Å². The summed E-state index contributed by atoms with van der Waals surface area (Å²) in [5.41, 5.74) is 2.77. The van der Waals surface area contributed by atoms with Crippen LogP contribution in [0.5, 0.6) is 0 Å². The third kappa shape index (κ3) is 2.77. The summed E-state index contributed by atoms with van der Waals surface area (Å²) in [5, 5.41) is 0. The van der Waals surface area contributed by atoms with E-state index in [-0.39, 0.29) is 12.1 Å². The number of nitrogens with one attached hydrogen (secondary N) is 1. The standard InChI is InChI=1S/C10H20N4O/c1-4-8(15-5-2)9(13-11)10-12-6-7-14(10)3/h6-9,13H,4-5,11H2,1-3H3. The second-order valence-electron chi connectivity index (χ2n) is 3.44. The molecule has 5 heteroatoms. The van der Waals surface area contributed by atoms with E-state index in [1.165, 1.54) is 0 Å². The first-order valence-electron chi connectivity index (χ1n) is 5.29. The summed E-state index contributed by atoms with van der Waals surface area (Å²) in [5.74, 6) is 6.46. The predicted octanol–water partition coefficient (Wildman–Crippen LogP) is 0.740. The lowest BCUT2D eigenvalue weighted by Gasteiger charge is -2.24. The molecule has 1 aromatic rings. The van der Waals surface area contributed by atoms with Crippen molar-refractivity contribution in [1.82, 2.24) is 15.0 Å². The van der Waals surface area contributed by atoms with Crippen LogP contribution in [0.4, 0.5) is 0 Å². The smallest absolute Gasteiger partial charge is 0.129 e. The maximum atomic E-state index is 5.63. The van der Waals surface area contributed by atoms with Crippen LogP contribution in [0.25, 0.3) is 0 Å². The summed E-state index contributed by atoms with van der Waals surface area (Å²) in [6, 6.07) is -0.0602. The van der Waals surface area contributed by atoms with Crippen molar-refractivity contribution in [1.29, 1.82) is 0 Å². The van der Waals surface area contributed by atoms with Crippen LogP contribution in [-0.2, 0) is 11.8 Å². The topological polar surface area (TPSA) is 65.1 Å². The molecule has 0 aliphatic heterocycles. The number of hydrazine groups is 1. The average Bonchev–Trinajstić information content (AvgIpc) is 2.65. The molecule has 0 radical (unpaired) electrons. The summed E-state index contributed by atoms with van der Waals surface area (Å²) in [7, 11) is 1.95. The fourth-order valence-electron chi connectivity index (χ4n) is 1.69. The molecule has 2 atom stereocenters. The summed E-state index contributed by atoms with van der Waals surface area (Å²) in [6.45, 7) is 4.74. The molecule has 0 aliphatic rings. The van der Waals surface area contributed by atoms with Crippen molar-refractivity contribution in [2.75, 3.05) is 6.61 Å². The van der Waals surface area contributed by atoms with Crippen LogP contribution in [0.15, 0.2) is 12.4 Å². The molecule has 0 saturated carbocycles. The summed E-state index contributed by atoms with van der Waals surface area (Å²) in [4.78, 5) is 4.28. The van der Waals surface area contributed by atoms with E-state index in [4.69, 9.17) is 10.6 Å². The van der Waals surface area contributed by atoms with Gasteiger partial charge < -0.3 is 9.30 Å². The Balaban J connectivity index is 2.82. The van der Waals surface area contributed by atoms with Crippen LogP contribution in [0.3, 0.4) is 0 Å². The van der Waals surface area contributed by atoms with Gasteiger partial charge >= 0.3 is 0 Å². The Hall–Kier alpha value is -0.910. The molecule has 5 nitrogen and oxygen atoms in total. The van der Waals surface area contributed by atoms with Gasteiger partial charge in [-0.25, -0.2) is 10.4 Å². The highest BCUT2D eigenvalue weighted by molar-refractivity contribution is 5.01. The van der Waals surface area contributed by atoms with Gasteiger partial charge in [0.2, 0.25) is 0 Å². The van der Waals surface area contributed by atoms with Crippen LogP contribution in [0.1, 0.15) is 32.1 Å². The van der Waals surface area contributed by atoms with E-state index in [1.807, 2.05) is 24.7 Å². The third-order valence-electron chi connectivity index (χ3n) is 2.47. The first-order chi connectivity index (χ1) is 7.24. The number of ether oxygens (including phenoxy) is 1. The number of nitrogens with zero attached hydrogens (tertiary/aromatic N) is 2. The second-order valence-corrected chi connectivity index (χ2v) is 3.44. The van der Waals surface area contributed by atoms with E-state index < -0.39 is 0 Å². The minimum absolute atomic E-state index is 0.0566.